The predicted molar refractivity (Wildman–Crippen MR) is 116 cm³/mol. The topological polar surface area (TPSA) is 55.6 Å². The van der Waals surface area contributed by atoms with Gasteiger partial charge in [-0.3, -0.25) is 0 Å². The minimum atomic E-state index is -0.257. The first kappa shape index (κ1) is 18.5. The Labute approximate surface area is 174 Å². The number of hydrogen-bond donors (Lipinski definition) is 1. The van der Waals surface area contributed by atoms with Gasteiger partial charge in [0.05, 0.1) is 23.4 Å². The Bertz CT molecular complexity index is 1130. The molecule has 1 aliphatic carbocycles. The Morgan fingerprint density at radius 2 is 1.67 bits per heavy atom. The maximum atomic E-state index is 13.5. The summed E-state index contributed by atoms with van der Waals surface area (Å²) < 4.78 is 15.7. The minimum Gasteiger partial charge on any atom is -0.326 e. The molecule has 4 aromatic rings. The third kappa shape index (κ3) is 3.68. The highest BCUT2D eigenvalue weighted by atomic mass is 19.1. The second-order valence-corrected chi connectivity index (χ2v) is 7.55. The van der Waals surface area contributed by atoms with Crippen LogP contribution in [0.15, 0.2) is 73.2 Å². The van der Waals surface area contributed by atoms with Crippen LogP contribution in [0, 0.1) is 5.82 Å². The molecule has 150 valence electrons. The molecule has 0 amide bonds. The molecule has 2 aromatic carbocycles. The number of halogens is 1. The van der Waals surface area contributed by atoms with Gasteiger partial charge in [0, 0.05) is 23.5 Å². The highest BCUT2D eigenvalue weighted by Crippen LogP contribution is 2.38. The molecule has 5 rings (SSSR count). The normalized spacial score (nSPS) is 14.2. The maximum absolute atomic E-state index is 13.5. The van der Waals surface area contributed by atoms with Crippen molar-refractivity contribution < 1.29 is 4.39 Å². The summed E-state index contributed by atoms with van der Waals surface area (Å²) >= 11 is 0. The van der Waals surface area contributed by atoms with E-state index in [4.69, 9.17) is 9.97 Å². The van der Waals surface area contributed by atoms with Crippen molar-refractivity contribution in [1.82, 2.24) is 19.5 Å². The van der Waals surface area contributed by atoms with Gasteiger partial charge >= 0.3 is 0 Å². The number of aromatic nitrogens is 4. The quantitative estimate of drug-likeness (QED) is 0.447. The van der Waals surface area contributed by atoms with Gasteiger partial charge in [-0.1, -0.05) is 31.0 Å². The van der Waals surface area contributed by atoms with Crippen LogP contribution in [-0.2, 0) is 0 Å². The summed E-state index contributed by atoms with van der Waals surface area (Å²) in [4.78, 5) is 13.9. The van der Waals surface area contributed by atoms with E-state index < -0.39 is 0 Å². The van der Waals surface area contributed by atoms with E-state index in [9.17, 15) is 4.39 Å². The van der Waals surface area contributed by atoms with Crippen LogP contribution < -0.4 is 5.32 Å². The van der Waals surface area contributed by atoms with Crippen LogP contribution in [-0.4, -0.2) is 19.5 Å². The van der Waals surface area contributed by atoms with Crippen LogP contribution >= 0.6 is 0 Å². The monoisotopic (exact) mass is 399 g/mol. The predicted octanol–water partition coefficient (Wildman–Crippen LogP) is 6.00. The molecule has 1 fully saturated rings. The number of hydrogen-bond acceptors (Lipinski definition) is 4. The molecule has 0 unspecified atom stereocenters. The minimum absolute atomic E-state index is 0.257. The lowest BCUT2D eigenvalue weighted by atomic mass is 10.1. The first-order valence-electron chi connectivity index (χ1n) is 10.3. The second-order valence-electron chi connectivity index (χ2n) is 7.55. The smallest absolute Gasteiger partial charge is 0.227 e. The standard InChI is InChI=1S/C24H22FN5/c25-18-12-10-17(11-13-18)22-23(30(16-27-22)20-8-4-5-9-20)21-14-15-26-24(29-21)28-19-6-2-1-3-7-19/h1-3,6-7,10-16,20H,4-5,8-9H2,(H,26,28,29). The Morgan fingerprint density at radius 3 is 2.43 bits per heavy atom. The molecule has 1 N–H and O–H groups in total. The van der Waals surface area contributed by atoms with E-state index in [1.807, 2.05) is 42.7 Å². The van der Waals surface area contributed by atoms with E-state index in [0.29, 0.717) is 12.0 Å². The van der Waals surface area contributed by atoms with Crippen LogP contribution in [0.5, 0.6) is 0 Å². The lowest BCUT2D eigenvalue weighted by Gasteiger charge is -2.16. The molecule has 0 radical (unpaired) electrons. The zero-order valence-corrected chi connectivity index (χ0v) is 16.5. The first-order valence-corrected chi connectivity index (χ1v) is 10.3. The van der Waals surface area contributed by atoms with Crippen molar-refractivity contribution in [3.05, 3.63) is 79.0 Å². The molecular formula is C24H22FN5. The first-order chi connectivity index (χ1) is 14.8. The van der Waals surface area contributed by atoms with Gasteiger partial charge in [-0.05, 0) is 55.3 Å². The fourth-order valence-electron chi connectivity index (χ4n) is 4.09. The molecule has 5 nitrogen and oxygen atoms in total. The molecule has 0 aliphatic heterocycles. The Morgan fingerprint density at radius 1 is 0.900 bits per heavy atom. The number of anilines is 2. The molecule has 1 aliphatic rings. The third-order valence-electron chi connectivity index (χ3n) is 5.56. The molecule has 2 heterocycles. The summed E-state index contributed by atoms with van der Waals surface area (Å²) in [5.41, 5.74) is 4.36. The van der Waals surface area contributed by atoms with Gasteiger partial charge in [0.2, 0.25) is 5.95 Å². The van der Waals surface area contributed by atoms with Crippen molar-refractivity contribution in [3.8, 4) is 22.6 Å². The number of benzene rings is 2. The molecule has 0 spiro atoms. The van der Waals surface area contributed by atoms with Crippen molar-refractivity contribution in [2.24, 2.45) is 0 Å². The molecule has 0 bridgehead atoms. The zero-order valence-electron chi connectivity index (χ0n) is 16.5. The van der Waals surface area contributed by atoms with Gasteiger partial charge in [0.15, 0.2) is 0 Å². The Balaban J connectivity index is 1.59. The van der Waals surface area contributed by atoms with Crippen LogP contribution in [0.1, 0.15) is 31.7 Å². The molecular weight excluding hydrogens is 377 g/mol. The third-order valence-corrected chi connectivity index (χ3v) is 5.56. The fourth-order valence-corrected chi connectivity index (χ4v) is 4.09. The average molecular weight is 399 g/mol. The number of nitrogens with one attached hydrogen (secondary N) is 1. The fraction of sp³-hybridized carbons (Fsp3) is 0.208. The van der Waals surface area contributed by atoms with Gasteiger partial charge in [-0.25, -0.2) is 19.3 Å². The van der Waals surface area contributed by atoms with Crippen molar-refractivity contribution >= 4 is 11.6 Å². The number of para-hydroxylation sites is 1. The van der Waals surface area contributed by atoms with E-state index in [-0.39, 0.29) is 5.82 Å². The Kier molecular flexibility index (Phi) is 4.97. The summed E-state index contributed by atoms with van der Waals surface area (Å²) in [7, 11) is 0. The zero-order chi connectivity index (χ0) is 20.3. The van der Waals surface area contributed by atoms with Gasteiger partial charge in [-0.15, -0.1) is 0 Å². The summed E-state index contributed by atoms with van der Waals surface area (Å²) in [6, 6.07) is 18.6. The average Bonchev–Trinajstić information content (AvgIpc) is 3.45. The van der Waals surface area contributed by atoms with Crippen LogP contribution in [0.4, 0.5) is 16.0 Å². The highest BCUT2D eigenvalue weighted by Gasteiger charge is 2.24. The van der Waals surface area contributed by atoms with Crippen LogP contribution in [0.3, 0.4) is 0 Å². The van der Waals surface area contributed by atoms with Gasteiger partial charge in [-0.2, -0.15) is 0 Å². The van der Waals surface area contributed by atoms with Crippen molar-refractivity contribution in [3.63, 3.8) is 0 Å². The van der Waals surface area contributed by atoms with E-state index in [1.165, 1.54) is 25.0 Å². The maximum Gasteiger partial charge on any atom is 0.227 e. The molecule has 2 aromatic heterocycles. The van der Waals surface area contributed by atoms with Gasteiger partial charge in [0.25, 0.3) is 0 Å². The second kappa shape index (κ2) is 8.06. The van der Waals surface area contributed by atoms with E-state index in [0.717, 1.165) is 41.2 Å². The van der Waals surface area contributed by atoms with Gasteiger partial charge in [0.1, 0.15) is 5.82 Å². The summed E-state index contributed by atoms with van der Waals surface area (Å²) in [5.74, 6) is 0.273. The van der Waals surface area contributed by atoms with E-state index >= 15 is 0 Å². The molecule has 30 heavy (non-hydrogen) atoms. The van der Waals surface area contributed by atoms with Crippen LogP contribution in [0.2, 0.25) is 0 Å². The van der Waals surface area contributed by atoms with Crippen molar-refractivity contribution in [1.29, 1.82) is 0 Å². The van der Waals surface area contributed by atoms with Crippen molar-refractivity contribution in [2.75, 3.05) is 5.32 Å². The van der Waals surface area contributed by atoms with Crippen molar-refractivity contribution in [2.45, 2.75) is 31.7 Å². The largest absolute Gasteiger partial charge is 0.326 e. The Hall–Kier alpha value is -3.54. The summed E-state index contributed by atoms with van der Waals surface area (Å²) in [5, 5.41) is 3.26. The number of rotatable bonds is 5. The molecule has 0 atom stereocenters. The van der Waals surface area contributed by atoms with Gasteiger partial charge < -0.3 is 9.88 Å². The molecule has 0 saturated heterocycles. The lowest BCUT2D eigenvalue weighted by Crippen LogP contribution is -2.07. The van der Waals surface area contributed by atoms with E-state index in [2.05, 4.69) is 14.9 Å². The summed E-state index contributed by atoms with van der Waals surface area (Å²) in [6.45, 7) is 0. The summed E-state index contributed by atoms with van der Waals surface area (Å²) in [6.07, 6.45) is 8.36. The molecule has 6 heteroatoms. The lowest BCUT2D eigenvalue weighted by molar-refractivity contribution is 0.522. The van der Waals surface area contributed by atoms with Crippen LogP contribution in [0.25, 0.3) is 22.6 Å². The van der Waals surface area contributed by atoms with E-state index in [1.54, 1.807) is 18.3 Å². The SMILES string of the molecule is Fc1ccc(-c2ncn(C3CCCC3)c2-c2ccnc(Nc3ccccc3)n2)cc1. The number of imidazole rings is 1. The molecule has 1 saturated carbocycles. The number of nitrogens with zero attached hydrogens (tertiary/aromatic N) is 4. The highest BCUT2D eigenvalue weighted by molar-refractivity contribution is 5.77.